The summed E-state index contributed by atoms with van der Waals surface area (Å²) in [5.41, 5.74) is -0.292. The van der Waals surface area contributed by atoms with Crippen molar-refractivity contribution in [2.24, 2.45) is 0 Å². The van der Waals surface area contributed by atoms with Gasteiger partial charge in [-0.05, 0) is 12.1 Å². The molecule has 0 spiro atoms. The predicted molar refractivity (Wildman–Crippen MR) is 56.0 cm³/mol. The summed E-state index contributed by atoms with van der Waals surface area (Å²) in [4.78, 5) is 11.1. The van der Waals surface area contributed by atoms with Crippen LogP contribution in [0.4, 0.5) is 8.78 Å². The Balaban J connectivity index is 2.46. The Morgan fingerprint density at radius 3 is 2.72 bits per heavy atom. The molecule has 1 aromatic heterocycles. The topological polar surface area (TPSA) is 65.2 Å². The number of hydrogen-bond acceptors (Lipinski definition) is 5. The molecule has 0 aliphatic heterocycles. The van der Waals surface area contributed by atoms with E-state index in [1.165, 1.54) is 0 Å². The molecule has 8 heteroatoms. The molecule has 0 saturated heterocycles. The fraction of sp³-hybridized carbons (Fsp3) is 0.100. The number of carbonyl (C=O) groups excluding carboxylic acids is 1. The van der Waals surface area contributed by atoms with Crippen LogP contribution in [0.15, 0.2) is 16.5 Å². The third kappa shape index (κ3) is 2.17. The van der Waals surface area contributed by atoms with Crippen LogP contribution in [0.5, 0.6) is 0 Å². The molecule has 18 heavy (non-hydrogen) atoms. The van der Waals surface area contributed by atoms with E-state index in [9.17, 15) is 13.6 Å². The molecular formula is C10H5ClF2N2O3. The molecule has 94 valence electrons. The highest BCUT2D eigenvalue weighted by molar-refractivity contribution is 6.30. The first-order valence-electron chi connectivity index (χ1n) is 4.59. The van der Waals surface area contributed by atoms with Crippen molar-refractivity contribution in [3.8, 4) is 11.5 Å². The molecule has 0 radical (unpaired) electrons. The van der Waals surface area contributed by atoms with Crippen LogP contribution in [0.3, 0.4) is 0 Å². The summed E-state index contributed by atoms with van der Waals surface area (Å²) in [6, 6.07) is 1.57. The van der Waals surface area contributed by atoms with Gasteiger partial charge in [-0.15, -0.1) is 10.2 Å². The lowest BCUT2D eigenvalue weighted by Gasteiger charge is -1.99. The summed E-state index contributed by atoms with van der Waals surface area (Å²) in [5.74, 6) is -3.36. The van der Waals surface area contributed by atoms with Crippen molar-refractivity contribution < 1.29 is 22.7 Å². The second-order valence-electron chi connectivity index (χ2n) is 3.15. The standard InChI is InChI=1S/C10H5ClF2N2O3/c1-17-10(16)9-15-14-8(18-9)4-2-7(13)5(11)3-6(4)12/h2-3H,1H3. The minimum Gasteiger partial charge on any atom is -0.462 e. The smallest absolute Gasteiger partial charge is 0.396 e. The third-order valence-corrected chi connectivity index (χ3v) is 2.32. The predicted octanol–water partition coefficient (Wildman–Crippen LogP) is 2.45. The van der Waals surface area contributed by atoms with Crippen molar-refractivity contribution in [2.45, 2.75) is 0 Å². The molecule has 0 saturated carbocycles. The summed E-state index contributed by atoms with van der Waals surface area (Å²) < 4.78 is 35.9. The molecule has 0 fully saturated rings. The highest BCUT2D eigenvalue weighted by Gasteiger charge is 2.19. The van der Waals surface area contributed by atoms with Crippen LogP contribution in [0.25, 0.3) is 11.5 Å². The largest absolute Gasteiger partial charge is 0.462 e. The number of carbonyl (C=O) groups is 1. The molecule has 2 aromatic rings. The Morgan fingerprint density at radius 2 is 2.06 bits per heavy atom. The molecule has 2 rings (SSSR count). The Bertz CT molecular complexity index is 615. The maximum absolute atomic E-state index is 13.5. The van der Waals surface area contributed by atoms with Crippen LogP contribution in [0.1, 0.15) is 10.7 Å². The fourth-order valence-electron chi connectivity index (χ4n) is 1.19. The van der Waals surface area contributed by atoms with E-state index in [1.54, 1.807) is 0 Å². The van der Waals surface area contributed by atoms with Crippen molar-refractivity contribution in [2.75, 3.05) is 7.11 Å². The molecule has 0 aliphatic carbocycles. The van der Waals surface area contributed by atoms with Crippen molar-refractivity contribution in [1.82, 2.24) is 10.2 Å². The van der Waals surface area contributed by atoms with E-state index in [4.69, 9.17) is 16.0 Å². The number of ether oxygens (including phenoxy) is 1. The van der Waals surface area contributed by atoms with Crippen LogP contribution < -0.4 is 0 Å². The van der Waals surface area contributed by atoms with Crippen molar-refractivity contribution >= 4 is 17.6 Å². The van der Waals surface area contributed by atoms with Gasteiger partial charge in [0.2, 0.25) is 0 Å². The van der Waals surface area contributed by atoms with Gasteiger partial charge in [-0.25, -0.2) is 13.6 Å². The van der Waals surface area contributed by atoms with Crippen LogP contribution in [0, 0.1) is 11.6 Å². The average molecular weight is 275 g/mol. The molecule has 1 heterocycles. The molecule has 0 unspecified atom stereocenters. The first-order valence-corrected chi connectivity index (χ1v) is 4.97. The van der Waals surface area contributed by atoms with Crippen molar-refractivity contribution in [3.63, 3.8) is 0 Å². The molecule has 0 aliphatic rings. The molecule has 0 bridgehead atoms. The lowest BCUT2D eigenvalue weighted by molar-refractivity contribution is 0.0556. The van der Waals surface area contributed by atoms with E-state index in [0.717, 1.165) is 19.2 Å². The van der Waals surface area contributed by atoms with Crippen molar-refractivity contribution in [1.29, 1.82) is 0 Å². The number of nitrogens with zero attached hydrogens (tertiary/aromatic N) is 2. The van der Waals surface area contributed by atoms with Gasteiger partial charge >= 0.3 is 11.9 Å². The number of hydrogen-bond donors (Lipinski definition) is 0. The zero-order chi connectivity index (χ0) is 13.3. The second-order valence-corrected chi connectivity index (χ2v) is 3.56. The number of rotatable bonds is 2. The molecule has 5 nitrogen and oxygen atoms in total. The summed E-state index contributed by atoms with van der Waals surface area (Å²) in [6.07, 6.45) is 0. The number of benzene rings is 1. The molecule has 0 atom stereocenters. The summed E-state index contributed by atoms with van der Waals surface area (Å²) in [6.45, 7) is 0. The molecular weight excluding hydrogens is 270 g/mol. The molecule has 0 N–H and O–H groups in total. The lowest BCUT2D eigenvalue weighted by Crippen LogP contribution is -2.00. The number of aromatic nitrogens is 2. The first kappa shape index (κ1) is 12.4. The minimum atomic E-state index is -0.872. The van der Waals surface area contributed by atoms with E-state index in [1.807, 2.05) is 0 Å². The SMILES string of the molecule is COC(=O)c1nnc(-c2cc(F)c(Cl)cc2F)o1. The van der Waals surface area contributed by atoms with Crippen LogP contribution in [-0.2, 0) is 4.74 Å². The van der Waals surface area contributed by atoms with E-state index in [-0.39, 0.29) is 16.5 Å². The Morgan fingerprint density at radius 1 is 1.33 bits per heavy atom. The lowest BCUT2D eigenvalue weighted by atomic mass is 10.2. The van der Waals surface area contributed by atoms with Gasteiger partial charge in [0.25, 0.3) is 5.89 Å². The van der Waals surface area contributed by atoms with Gasteiger partial charge in [-0.3, -0.25) is 0 Å². The first-order chi connectivity index (χ1) is 8.52. The normalized spacial score (nSPS) is 10.4. The van der Waals surface area contributed by atoms with E-state index < -0.39 is 23.5 Å². The Kier molecular flexibility index (Phi) is 3.24. The number of esters is 1. The Labute approximate surface area is 104 Å². The van der Waals surface area contributed by atoms with E-state index >= 15 is 0 Å². The molecule has 1 aromatic carbocycles. The maximum Gasteiger partial charge on any atom is 0.396 e. The van der Waals surface area contributed by atoms with Crippen LogP contribution >= 0.6 is 11.6 Å². The second kappa shape index (κ2) is 4.69. The van der Waals surface area contributed by atoms with Gasteiger partial charge in [0.1, 0.15) is 11.6 Å². The van der Waals surface area contributed by atoms with Crippen molar-refractivity contribution in [3.05, 3.63) is 34.7 Å². The number of halogens is 3. The van der Waals surface area contributed by atoms with Gasteiger partial charge < -0.3 is 9.15 Å². The van der Waals surface area contributed by atoms with E-state index in [0.29, 0.717) is 0 Å². The van der Waals surface area contributed by atoms with Crippen LogP contribution in [-0.4, -0.2) is 23.3 Å². The quantitative estimate of drug-likeness (QED) is 0.622. The fourth-order valence-corrected chi connectivity index (χ4v) is 1.34. The minimum absolute atomic E-state index is 0.292. The molecule has 0 amide bonds. The van der Waals surface area contributed by atoms with Gasteiger partial charge in [-0.1, -0.05) is 11.6 Å². The van der Waals surface area contributed by atoms with Gasteiger partial charge in [-0.2, -0.15) is 0 Å². The zero-order valence-corrected chi connectivity index (χ0v) is 9.66. The summed E-state index contributed by atoms with van der Waals surface area (Å²) >= 11 is 5.40. The highest BCUT2D eigenvalue weighted by Crippen LogP contribution is 2.26. The monoisotopic (exact) mass is 274 g/mol. The summed E-state index contributed by atoms with van der Waals surface area (Å²) in [5, 5.41) is 6.39. The zero-order valence-electron chi connectivity index (χ0n) is 8.91. The highest BCUT2D eigenvalue weighted by atomic mass is 35.5. The maximum atomic E-state index is 13.5. The van der Waals surface area contributed by atoms with Gasteiger partial charge in [0.05, 0.1) is 17.7 Å². The Hall–Kier alpha value is -2.02. The average Bonchev–Trinajstić information content (AvgIpc) is 2.82. The van der Waals surface area contributed by atoms with Gasteiger partial charge in [0, 0.05) is 0 Å². The third-order valence-electron chi connectivity index (χ3n) is 2.03. The van der Waals surface area contributed by atoms with Crippen LogP contribution in [0.2, 0.25) is 5.02 Å². The number of methoxy groups -OCH3 is 1. The van der Waals surface area contributed by atoms with Gasteiger partial charge in [0.15, 0.2) is 0 Å². The van der Waals surface area contributed by atoms with E-state index in [2.05, 4.69) is 14.9 Å². The summed E-state index contributed by atoms with van der Waals surface area (Å²) in [7, 11) is 1.12.